The molecule has 0 aromatic carbocycles. The number of nitrogens with zero attached hydrogens (tertiary/aromatic N) is 2. The highest BCUT2D eigenvalue weighted by atomic mass is 16.5. The third-order valence-corrected chi connectivity index (χ3v) is 4.71. The fraction of sp³-hybridized carbons (Fsp3) is 1.00. The van der Waals surface area contributed by atoms with Gasteiger partial charge in [-0.2, -0.15) is 0 Å². The molecule has 0 amide bonds. The molecule has 118 valence electrons. The minimum absolute atomic E-state index is 0.342. The molecule has 0 aliphatic carbocycles. The topological polar surface area (TPSA) is 27.7 Å². The highest BCUT2D eigenvalue weighted by Gasteiger charge is 2.35. The number of rotatable bonds is 9. The van der Waals surface area contributed by atoms with Crippen LogP contribution in [-0.4, -0.2) is 75.9 Å². The first-order chi connectivity index (χ1) is 9.74. The van der Waals surface area contributed by atoms with Crippen molar-refractivity contribution in [3.8, 4) is 0 Å². The molecule has 0 aromatic rings. The summed E-state index contributed by atoms with van der Waals surface area (Å²) in [5, 5.41) is 3.60. The summed E-state index contributed by atoms with van der Waals surface area (Å²) in [5.41, 5.74) is 0.342. The second kappa shape index (κ2) is 8.32. The zero-order valence-corrected chi connectivity index (χ0v) is 13.5. The Morgan fingerprint density at radius 1 is 1.30 bits per heavy atom. The summed E-state index contributed by atoms with van der Waals surface area (Å²) in [7, 11) is 2.27. The van der Waals surface area contributed by atoms with E-state index < -0.39 is 0 Å². The van der Waals surface area contributed by atoms with Gasteiger partial charge in [-0.05, 0) is 52.4 Å². The molecule has 2 saturated heterocycles. The number of ether oxygens (including phenoxy) is 1. The Morgan fingerprint density at radius 2 is 2.10 bits per heavy atom. The molecule has 2 aliphatic heterocycles. The van der Waals surface area contributed by atoms with Crippen LogP contribution in [0.3, 0.4) is 0 Å². The van der Waals surface area contributed by atoms with Gasteiger partial charge in [-0.25, -0.2) is 0 Å². The summed E-state index contributed by atoms with van der Waals surface area (Å²) in [6, 6.07) is 0. The molecule has 4 nitrogen and oxygen atoms in total. The van der Waals surface area contributed by atoms with Crippen LogP contribution in [0.15, 0.2) is 0 Å². The van der Waals surface area contributed by atoms with E-state index in [0.29, 0.717) is 5.41 Å². The third kappa shape index (κ3) is 4.99. The van der Waals surface area contributed by atoms with Crippen molar-refractivity contribution in [3.63, 3.8) is 0 Å². The number of hydrogen-bond donors (Lipinski definition) is 1. The van der Waals surface area contributed by atoms with Crippen LogP contribution < -0.4 is 5.32 Å². The van der Waals surface area contributed by atoms with Gasteiger partial charge in [0, 0.05) is 38.2 Å². The fourth-order valence-electron chi connectivity index (χ4n) is 3.47. The summed E-state index contributed by atoms with van der Waals surface area (Å²) in [4.78, 5) is 5.12. The van der Waals surface area contributed by atoms with Crippen molar-refractivity contribution in [1.82, 2.24) is 15.1 Å². The normalized spacial score (nSPS) is 27.8. The quantitative estimate of drug-likeness (QED) is 0.648. The van der Waals surface area contributed by atoms with Crippen LogP contribution in [0.25, 0.3) is 0 Å². The van der Waals surface area contributed by atoms with Gasteiger partial charge in [-0.15, -0.1) is 0 Å². The Labute approximate surface area is 124 Å². The van der Waals surface area contributed by atoms with E-state index in [1.54, 1.807) is 0 Å². The van der Waals surface area contributed by atoms with Gasteiger partial charge < -0.3 is 19.9 Å². The molecule has 2 rings (SSSR count). The average Bonchev–Trinajstić information content (AvgIpc) is 3.09. The lowest BCUT2D eigenvalue weighted by Gasteiger charge is -2.33. The number of likely N-dealkylation sites (N-methyl/N-ethyl adjacent to an activating group) is 1. The molecule has 4 heteroatoms. The lowest BCUT2D eigenvalue weighted by molar-refractivity contribution is 0.115. The monoisotopic (exact) mass is 283 g/mol. The molecule has 2 heterocycles. The van der Waals surface area contributed by atoms with Gasteiger partial charge >= 0.3 is 0 Å². The molecular weight excluding hydrogens is 250 g/mol. The number of nitrogens with one attached hydrogen (secondary N) is 1. The predicted octanol–water partition coefficient (Wildman–Crippen LogP) is 1.42. The Bertz CT molecular complexity index is 260. The van der Waals surface area contributed by atoms with Crippen LogP contribution in [0.2, 0.25) is 0 Å². The van der Waals surface area contributed by atoms with Gasteiger partial charge in [-0.3, -0.25) is 0 Å². The summed E-state index contributed by atoms with van der Waals surface area (Å²) < 4.78 is 5.69. The molecule has 2 aliphatic rings. The van der Waals surface area contributed by atoms with E-state index in [9.17, 15) is 0 Å². The second-order valence-corrected chi connectivity index (χ2v) is 6.77. The summed E-state index contributed by atoms with van der Waals surface area (Å²) in [6.07, 6.45) is 5.20. The van der Waals surface area contributed by atoms with Gasteiger partial charge in [0.25, 0.3) is 0 Å². The maximum absolute atomic E-state index is 5.69. The minimum atomic E-state index is 0.342. The smallest absolute Gasteiger partial charge is 0.0547 e. The first-order valence-corrected chi connectivity index (χ1v) is 8.43. The van der Waals surface area contributed by atoms with Crippen LogP contribution in [0.1, 0.15) is 32.6 Å². The summed E-state index contributed by atoms with van der Waals surface area (Å²) >= 11 is 0. The van der Waals surface area contributed by atoms with E-state index in [1.165, 1.54) is 51.9 Å². The Morgan fingerprint density at radius 3 is 2.75 bits per heavy atom. The molecular formula is C16H33N3O. The van der Waals surface area contributed by atoms with Crippen molar-refractivity contribution in [1.29, 1.82) is 0 Å². The lowest BCUT2D eigenvalue weighted by atomic mass is 9.86. The molecule has 0 spiro atoms. The standard InChI is InChI=1S/C16H33N3O/c1-3-7-17-13-16(6-12-20-15-16)14-18(2)10-11-19-8-4-5-9-19/h17H,3-15H2,1-2H3. The van der Waals surface area contributed by atoms with E-state index in [0.717, 1.165) is 32.8 Å². The van der Waals surface area contributed by atoms with E-state index in [1.807, 2.05) is 0 Å². The summed E-state index contributed by atoms with van der Waals surface area (Å²) in [6.45, 7) is 12.5. The molecule has 2 fully saturated rings. The predicted molar refractivity (Wildman–Crippen MR) is 84.2 cm³/mol. The Kier molecular flexibility index (Phi) is 6.75. The van der Waals surface area contributed by atoms with Crippen molar-refractivity contribution >= 4 is 0 Å². The SMILES string of the molecule is CCCNCC1(CN(C)CCN2CCCC2)CCOC1. The van der Waals surface area contributed by atoms with E-state index in [2.05, 4.69) is 29.1 Å². The van der Waals surface area contributed by atoms with Crippen molar-refractivity contribution in [2.75, 3.05) is 66.1 Å². The first-order valence-electron chi connectivity index (χ1n) is 8.43. The number of hydrogen-bond acceptors (Lipinski definition) is 4. The van der Waals surface area contributed by atoms with Gasteiger partial charge in [0.15, 0.2) is 0 Å². The Balaban J connectivity index is 1.71. The first kappa shape index (κ1) is 16.2. The molecule has 0 bridgehead atoms. The van der Waals surface area contributed by atoms with Crippen molar-refractivity contribution in [3.05, 3.63) is 0 Å². The van der Waals surface area contributed by atoms with E-state index >= 15 is 0 Å². The zero-order valence-electron chi connectivity index (χ0n) is 13.5. The molecule has 20 heavy (non-hydrogen) atoms. The van der Waals surface area contributed by atoms with E-state index in [-0.39, 0.29) is 0 Å². The van der Waals surface area contributed by atoms with Gasteiger partial charge in [0.2, 0.25) is 0 Å². The van der Waals surface area contributed by atoms with Gasteiger partial charge in [0.1, 0.15) is 0 Å². The van der Waals surface area contributed by atoms with Crippen LogP contribution in [0, 0.1) is 5.41 Å². The van der Waals surface area contributed by atoms with Crippen LogP contribution >= 0.6 is 0 Å². The maximum Gasteiger partial charge on any atom is 0.0547 e. The molecule has 1 N–H and O–H groups in total. The molecule has 0 saturated carbocycles. The van der Waals surface area contributed by atoms with Gasteiger partial charge in [-0.1, -0.05) is 6.92 Å². The van der Waals surface area contributed by atoms with Crippen LogP contribution in [-0.2, 0) is 4.74 Å². The highest BCUT2D eigenvalue weighted by molar-refractivity contribution is 4.88. The lowest BCUT2D eigenvalue weighted by Crippen LogP contribution is -2.45. The second-order valence-electron chi connectivity index (χ2n) is 6.77. The minimum Gasteiger partial charge on any atom is -0.381 e. The molecule has 1 unspecified atom stereocenters. The largest absolute Gasteiger partial charge is 0.381 e. The van der Waals surface area contributed by atoms with Crippen molar-refractivity contribution < 1.29 is 4.74 Å². The molecule has 0 radical (unpaired) electrons. The number of likely N-dealkylation sites (tertiary alicyclic amines) is 1. The average molecular weight is 283 g/mol. The summed E-state index contributed by atoms with van der Waals surface area (Å²) in [5.74, 6) is 0. The van der Waals surface area contributed by atoms with Crippen molar-refractivity contribution in [2.45, 2.75) is 32.6 Å². The van der Waals surface area contributed by atoms with E-state index in [4.69, 9.17) is 4.74 Å². The zero-order chi connectivity index (χ0) is 14.3. The van der Waals surface area contributed by atoms with Gasteiger partial charge in [0.05, 0.1) is 6.61 Å². The fourth-order valence-corrected chi connectivity index (χ4v) is 3.47. The highest BCUT2D eigenvalue weighted by Crippen LogP contribution is 2.28. The Hall–Kier alpha value is -0.160. The third-order valence-electron chi connectivity index (χ3n) is 4.71. The molecule has 1 atom stereocenters. The van der Waals surface area contributed by atoms with Crippen molar-refractivity contribution in [2.24, 2.45) is 5.41 Å². The van der Waals surface area contributed by atoms with Crippen LogP contribution in [0.4, 0.5) is 0 Å². The maximum atomic E-state index is 5.69. The molecule has 0 aromatic heterocycles. The van der Waals surface area contributed by atoms with Crippen LogP contribution in [0.5, 0.6) is 0 Å².